The predicted octanol–water partition coefficient (Wildman–Crippen LogP) is 3.04. The first-order valence-corrected chi connectivity index (χ1v) is 8.36. The average molecular weight is 311 g/mol. The summed E-state index contributed by atoms with van der Waals surface area (Å²) in [6.45, 7) is 7.14. The molecule has 1 aliphatic heterocycles. The molecule has 2 aromatic rings. The van der Waals surface area contributed by atoms with E-state index in [1.54, 1.807) is 12.4 Å². The Morgan fingerprint density at radius 2 is 2.04 bits per heavy atom. The van der Waals surface area contributed by atoms with Crippen LogP contribution in [0.2, 0.25) is 0 Å². The summed E-state index contributed by atoms with van der Waals surface area (Å²) in [5.41, 5.74) is 4.58. The van der Waals surface area contributed by atoms with Crippen molar-refractivity contribution in [1.82, 2.24) is 14.9 Å². The van der Waals surface area contributed by atoms with Crippen LogP contribution in [0.1, 0.15) is 41.3 Å². The minimum absolute atomic E-state index is 0.322. The highest BCUT2D eigenvalue weighted by Gasteiger charge is 2.26. The van der Waals surface area contributed by atoms with Crippen LogP contribution in [-0.4, -0.2) is 33.1 Å². The number of aliphatic hydroxyl groups excluding tert-OH is 1. The smallest absolute Gasteiger partial charge is 0.0833 e. The third-order valence-electron chi connectivity index (χ3n) is 4.80. The highest BCUT2D eigenvalue weighted by atomic mass is 16.3. The van der Waals surface area contributed by atoms with Gasteiger partial charge in [0.05, 0.1) is 11.8 Å². The SMILES string of the molecule is Cc1cnc(CN2CCC(C(O)c3cccnc3)CC2)c(C)c1. The molecule has 0 saturated carbocycles. The maximum Gasteiger partial charge on any atom is 0.0833 e. The van der Waals surface area contributed by atoms with E-state index in [0.717, 1.165) is 38.0 Å². The van der Waals surface area contributed by atoms with E-state index in [1.165, 1.54) is 16.8 Å². The largest absolute Gasteiger partial charge is 0.388 e. The number of pyridine rings is 2. The molecular formula is C19H25N3O. The molecule has 1 N–H and O–H groups in total. The van der Waals surface area contributed by atoms with E-state index in [4.69, 9.17) is 0 Å². The minimum Gasteiger partial charge on any atom is -0.388 e. The molecule has 1 atom stereocenters. The van der Waals surface area contributed by atoms with Crippen molar-refractivity contribution >= 4 is 0 Å². The molecule has 4 heteroatoms. The lowest BCUT2D eigenvalue weighted by atomic mass is 9.88. The summed E-state index contributed by atoms with van der Waals surface area (Å²) < 4.78 is 0. The first kappa shape index (κ1) is 16.1. The van der Waals surface area contributed by atoms with Crippen LogP contribution < -0.4 is 0 Å². The van der Waals surface area contributed by atoms with Crippen LogP contribution in [-0.2, 0) is 6.54 Å². The first-order chi connectivity index (χ1) is 11.1. The van der Waals surface area contributed by atoms with Crippen LogP contribution in [0.15, 0.2) is 36.8 Å². The molecule has 1 unspecified atom stereocenters. The second kappa shape index (κ2) is 7.20. The Morgan fingerprint density at radius 1 is 1.26 bits per heavy atom. The summed E-state index contributed by atoms with van der Waals surface area (Å²) in [6.07, 6.45) is 7.10. The van der Waals surface area contributed by atoms with Crippen molar-refractivity contribution in [2.45, 2.75) is 39.3 Å². The van der Waals surface area contributed by atoms with Gasteiger partial charge in [-0.25, -0.2) is 0 Å². The Labute approximate surface area is 138 Å². The minimum atomic E-state index is -0.398. The maximum absolute atomic E-state index is 10.5. The van der Waals surface area contributed by atoms with E-state index in [-0.39, 0.29) is 0 Å². The Bertz CT molecular complexity index is 636. The summed E-state index contributed by atoms with van der Waals surface area (Å²) >= 11 is 0. The van der Waals surface area contributed by atoms with Gasteiger partial charge in [-0.15, -0.1) is 0 Å². The Hall–Kier alpha value is -1.78. The molecule has 4 nitrogen and oxygen atoms in total. The molecule has 1 fully saturated rings. The first-order valence-electron chi connectivity index (χ1n) is 8.36. The fourth-order valence-corrected chi connectivity index (χ4v) is 3.37. The molecule has 3 rings (SSSR count). The summed E-state index contributed by atoms with van der Waals surface area (Å²) in [5, 5.41) is 10.5. The third-order valence-corrected chi connectivity index (χ3v) is 4.80. The fraction of sp³-hybridized carbons (Fsp3) is 0.474. The van der Waals surface area contributed by atoms with E-state index in [0.29, 0.717) is 5.92 Å². The summed E-state index contributed by atoms with van der Waals surface area (Å²) in [4.78, 5) is 11.1. The lowest BCUT2D eigenvalue weighted by Gasteiger charge is -2.34. The molecule has 0 bridgehead atoms. The highest BCUT2D eigenvalue weighted by Crippen LogP contribution is 2.30. The summed E-state index contributed by atoms with van der Waals surface area (Å²) in [7, 11) is 0. The quantitative estimate of drug-likeness (QED) is 0.943. The van der Waals surface area contributed by atoms with Crippen molar-refractivity contribution in [2.75, 3.05) is 13.1 Å². The molecule has 0 radical (unpaired) electrons. The number of rotatable bonds is 4. The molecule has 0 aromatic carbocycles. The number of nitrogens with zero attached hydrogens (tertiary/aromatic N) is 3. The van der Waals surface area contributed by atoms with E-state index in [1.807, 2.05) is 18.3 Å². The van der Waals surface area contributed by atoms with Crippen molar-refractivity contribution in [3.63, 3.8) is 0 Å². The van der Waals surface area contributed by atoms with Gasteiger partial charge < -0.3 is 5.11 Å². The van der Waals surface area contributed by atoms with Gasteiger partial charge in [-0.05, 0) is 68.5 Å². The number of aliphatic hydroxyl groups is 1. The number of piperidine rings is 1. The van der Waals surface area contributed by atoms with E-state index in [2.05, 4.69) is 34.8 Å². The monoisotopic (exact) mass is 311 g/mol. The van der Waals surface area contributed by atoms with Gasteiger partial charge in [0.15, 0.2) is 0 Å². The third kappa shape index (κ3) is 3.95. The van der Waals surface area contributed by atoms with Crippen molar-refractivity contribution in [3.05, 3.63) is 59.2 Å². The molecule has 122 valence electrons. The summed E-state index contributed by atoms with van der Waals surface area (Å²) in [6, 6.07) is 6.05. The topological polar surface area (TPSA) is 49.2 Å². The van der Waals surface area contributed by atoms with Gasteiger partial charge >= 0.3 is 0 Å². The van der Waals surface area contributed by atoms with Crippen molar-refractivity contribution in [1.29, 1.82) is 0 Å². The normalized spacial score (nSPS) is 18.0. The molecule has 0 spiro atoms. The Balaban J connectivity index is 1.56. The highest BCUT2D eigenvalue weighted by molar-refractivity contribution is 5.23. The lowest BCUT2D eigenvalue weighted by molar-refractivity contribution is 0.0561. The van der Waals surface area contributed by atoms with Gasteiger partial charge in [0, 0.05) is 25.1 Å². The van der Waals surface area contributed by atoms with E-state index < -0.39 is 6.10 Å². The van der Waals surface area contributed by atoms with Gasteiger partial charge in [0.25, 0.3) is 0 Å². The van der Waals surface area contributed by atoms with Gasteiger partial charge in [-0.1, -0.05) is 12.1 Å². The zero-order chi connectivity index (χ0) is 16.2. The molecular weight excluding hydrogens is 286 g/mol. The van der Waals surface area contributed by atoms with Crippen molar-refractivity contribution < 1.29 is 5.11 Å². The number of likely N-dealkylation sites (tertiary alicyclic amines) is 1. The number of hydrogen-bond acceptors (Lipinski definition) is 4. The molecule has 0 amide bonds. The number of aryl methyl sites for hydroxylation is 2. The zero-order valence-electron chi connectivity index (χ0n) is 13.9. The van der Waals surface area contributed by atoms with E-state index >= 15 is 0 Å². The number of aromatic nitrogens is 2. The van der Waals surface area contributed by atoms with Crippen LogP contribution in [0.5, 0.6) is 0 Å². The molecule has 1 aliphatic rings. The molecule has 1 saturated heterocycles. The van der Waals surface area contributed by atoms with Crippen LogP contribution >= 0.6 is 0 Å². The van der Waals surface area contributed by atoms with Gasteiger partial charge in [-0.2, -0.15) is 0 Å². The molecule has 23 heavy (non-hydrogen) atoms. The standard InChI is InChI=1S/C19H25N3O/c1-14-10-15(2)18(21-11-14)13-22-8-5-16(6-9-22)19(23)17-4-3-7-20-12-17/h3-4,7,10-12,16,19,23H,5-6,8-9,13H2,1-2H3. The van der Waals surface area contributed by atoms with Crippen LogP contribution in [0.3, 0.4) is 0 Å². The summed E-state index contributed by atoms with van der Waals surface area (Å²) in [5.74, 6) is 0.322. The van der Waals surface area contributed by atoms with Crippen molar-refractivity contribution in [2.24, 2.45) is 5.92 Å². The molecule has 2 aromatic heterocycles. The lowest BCUT2D eigenvalue weighted by Crippen LogP contribution is -2.35. The van der Waals surface area contributed by atoms with Gasteiger partial charge in [0.1, 0.15) is 0 Å². The van der Waals surface area contributed by atoms with Crippen LogP contribution in [0, 0.1) is 19.8 Å². The zero-order valence-corrected chi connectivity index (χ0v) is 13.9. The second-order valence-electron chi connectivity index (χ2n) is 6.62. The predicted molar refractivity (Wildman–Crippen MR) is 90.9 cm³/mol. The maximum atomic E-state index is 10.5. The number of hydrogen-bond donors (Lipinski definition) is 1. The van der Waals surface area contributed by atoms with Crippen LogP contribution in [0.25, 0.3) is 0 Å². The van der Waals surface area contributed by atoms with Gasteiger partial charge in [0.2, 0.25) is 0 Å². The Morgan fingerprint density at radius 3 is 2.70 bits per heavy atom. The van der Waals surface area contributed by atoms with Crippen molar-refractivity contribution in [3.8, 4) is 0 Å². The van der Waals surface area contributed by atoms with Crippen LogP contribution in [0.4, 0.5) is 0 Å². The van der Waals surface area contributed by atoms with E-state index in [9.17, 15) is 5.11 Å². The Kier molecular flexibility index (Phi) is 5.03. The average Bonchev–Trinajstić information content (AvgIpc) is 2.58. The molecule has 3 heterocycles. The van der Waals surface area contributed by atoms with Gasteiger partial charge in [-0.3, -0.25) is 14.9 Å². The fourth-order valence-electron chi connectivity index (χ4n) is 3.37. The second-order valence-corrected chi connectivity index (χ2v) is 6.62. The molecule has 0 aliphatic carbocycles.